The smallest absolute Gasteiger partial charge is 0.254 e. The van der Waals surface area contributed by atoms with Crippen molar-refractivity contribution in [1.29, 1.82) is 0 Å². The van der Waals surface area contributed by atoms with Crippen LogP contribution in [-0.2, 0) is 12.8 Å². The number of halogens is 1. The van der Waals surface area contributed by atoms with E-state index in [1.807, 2.05) is 36.5 Å². The molecule has 2 atom stereocenters. The molecule has 32 heavy (non-hydrogen) atoms. The zero-order valence-corrected chi connectivity index (χ0v) is 17.8. The minimum atomic E-state index is -0.582. The molecule has 2 aromatic carbocycles. The number of fused-ring (bicyclic) bond motifs is 1. The molecular formula is C25H26FN3O3. The highest BCUT2D eigenvalue weighted by Gasteiger charge is 2.29. The molecule has 5 rings (SSSR count). The Balaban J connectivity index is 1.41. The first-order chi connectivity index (χ1) is 15.6. The van der Waals surface area contributed by atoms with Crippen LogP contribution in [0.15, 0.2) is 48.8 Å². The summed E-state index contributed by atoms with van der Waals surface area (Å²) in [5.41, 5.74) is 3.25. The van der Waals surface area contributed by atoms with Crippen LogP contribution in [0.4, 0.5) is 4.39 Å². The van der Waals surface area contributed by atoms with Gasteiger partial charge in [-0.25, -0.2) is 9.07 Å². The van der Waals surface area contributed by atoms with Crippen molar-refractivity contribution in [2.24, 2.45) is 0 Å². The molecule has 1 aliphatic carbocycles. The number of aliphatic hydroxyl groups is 1. The molecular weight excluding hydrogens is 409 g/mol. The van der Waals surface area contributed by atoms with Crippen molar-refractivity contribution in [1.82, 2.24) is 15.1 Å². The van der Waals surface area contributed by atoms with Gasteiger partial charge in [0, 0.05) is 30.8 Å². The standard InChI is InChI=1S/C25H26FN3O3/c26-23-19-10-13-32-24(19)17(14-16-6-8-18(9-7-16)29-12-3-11-27-29)15-20(23)25(31)28-21-4-1-2-5-22(21)30/h3,6-9,11-12,15,21-22,30H,1-2,4-5,10,13-14H2,(H,28,31)/t21-,22-/m0/s1. The lowest BCUT2D eigenvalue weighted by molar-refractivity contribution is 0.0714. The van der Waals surface area contributed by atoms with E-state index >= 15 is 4.39 Å². The normalized spacial score (nSPS) is 19.9. The molecule has 3 aromatic rings. The molecule has 1 aliphatic heterocycles. The second-order valence-electron chi connectivity index (χ2n) is 8.53. The van der Waals surface area contributed by atoms with Crippen molar-refractivity contribution in [2.45, 2.75) is 50.7 Å². The third-order valence-electron chi connectivity index (χ3n) is 6.37. The number of hydrogen-bond acceptors (Lipinski definition) is 4. The van der Waals surface area contributed by atoms with Crippen LogP contribution < -0.4 is 10.1 Å². The Morgan fingerprint density at radius 3 is 2.81 bits per heavy atom. The molecule has 2 heterocycles. The fourth-order valence-corrected chi connectivity index (χ4v) is 4.65. The zero-order valence-electron chi connectivity index (χ0n) is 17.8. The Bertz CT molecular complexity index is 1110. The molecule has 1 fully saturated rings. The molecule has 1 saturated carbocycles. The first-order valence-corrected chi connectivity index (χ1v) is 11.1. The average molecular weight is 435 g/mol. The van der Waals surface area contributed by atoms with Crippen molar-refractivity contribution < 1.29 is 19.0 Å². The van der Waals surface area contributed by atoms with Gasteiger partial charge < -0.3 is 15.2 Å². The summed E-state index contributed by atoms with van der Waals surface area (Å²) in [5.74, 6) is -0.440. The van der Waals surface area contributed by atoms with Gasteiger partial charge in [-0.2, -0.15) is 5.10 Å². The number of amides is 1. The Kier molecular flexibility index (Phi) is 5.66. The van der Waals surface area contributed by atoms with Crippen molar-refractivity contribution in [2.75, 3.05) is 6.61 Å². The zero-order chi connectivity index (χ0) is 22.1. The van der Waals surface area contributed by atoms with E-state index in [0.717, 1.165) is 29.7 Å². The first-order valence-electron chi connectivity index (χ1n) is 11.1. The average Bonchev–Trinajstić information content (AvgIpc) is 3.50. The van der Waals surface area contributed by atoms with Crippen molar-refractivity contribution in [3.05, 3.63) is 76.9 Å². The lowest BCUT2D eigenvalue weighted by Gasteiger charge is -2.28. The lowest BCUT2D eigenvalue weighted by Crippen LogP contribution is -2.45. The fraction of sp³-hybridized carbons (Fsp3) is 0.360. The molecule has 2 aliphatic rings. The van der Waals surface area contributed by atoms with Crippen LogP contribution in [-0.4, -0.2) is 39.5 Å². The molecule has 1 aromatic heterocycles. The van der Waals surface area contributed by atoms with E-state index < -0.39 is 17.8 Å². The monoisotopic (exact) mass is 435 g/mol. The Morgan fingerprint density at radius 2 is 2.06 bits per heavy atom. The molecule has 0 unspecified atom stereocenters. The lowest BCUT2D eigenvalue weighted by atomic mass is 9.92. The van der Waals surface area contributed by atoms with Crippen LogP contribution in [0.1, 0.15) is 52.7 Å². The Morgan fingerprint density at radius 1 is 1.25 bits per heavy atom. The number of ether oxygens (including phenoxy) is 1. The van der Waals surface area contributed by atoms with Crippen LogP contribution in [0.3, 0.4) is 0 Å². The molecule has 166 valence electrons. The molecule has 0 saturated heterocycles. The summed E-state index contributed by atoms with van der Waals surface area (Å²) in [5, 5.41) is 17.3. The number of carbonyl (C=O) groups excluding carboxylic acids is 1. The summed E-state index contributed by atoms with van der Waals surface area (Å²) in [7, 11) is 0. The number of nitrogens with one attached hydrogen (secondary N) is 1. The van der Waals surface area contributed by atoms with E-state index in [2.05, 4.69) is 10.4 Å². The van der Waals surface area contributed by atoms with Gasteiger partial charge in [0.15, 0.2) is 0 Å². The maximum atomic E-state index is 15.2. The summed E-state index contributed by atoms with van der Waals surface area (Å²) in [6.07, 6.45) is 7.25. The van der Waals surface area contributed by atoms with Crippen molar-refractivity contribution in [3.8, 4) is 11.4 Å². The maximum absolute atomic E-state index is 15.2. The highest BCUT2D eigenvalue weighted by atomic mass is 19.1. The number of hydrogen-bond donors (Lipinski definition) is 2. The Hall–Kier alpha value is -3.19. The number of carbonyl (C=O) groups is 1. The van der Waals surface area contributed by atoms with Gasteiger partial charge in [0.25, 0.3) is 5.91 Å². The van der Waals surface area contributed by atoms with Gasteiger partial charge in [-0.1, -0.05) is 25.0 Å². The van der Waals surface area contributed by atoms with Gasteiger partial charge in [0.2, 0.25) is 0 Å². The van der Waals surface area contributed by atoms with Crippen LogP contribution in [0.25, 0.3) is 5.69 Å². The van der Waals surface area contributed by atoms with Crippen LogP contribution in [0.5, 0.6) is 5.75 Å². The third kappa shape index (κ3) is 4.00. The number of aromatic nitrogens is 2. The van der Waals surface area contributed by atoms with E-state index in [1.165, 1.54) is 0 Å². The predicted molar refractivity (Wildman–Crippen MR) is 118 cm³/mol. The summed E-state index contributed by atoms with van der Waals surface area (Å²) in [6.45, 7) is 0.407. The van der Waals surface area contributed by atoms with Gasteiger partial charge in [0.1, 0.15) is 11.6 Å². The maximum Gasteiger partial charge on any atom is 0.254 e. The van der Waals surface area contributed by atoms with E-state index in [0.29, 0.717) is 43.6 Å². The van der Waals surface area contributed by atoms with Gasteiger partial charge >= 0.3 is 0 Å². The highest BCUT2D eigenvalue weighted by molar-refractivity contribution is 5.95. The highest BCUT2D eigenvalue weighted by Crippen LogP contribution is 2.35. The largest absolute Gasteiger partial charge is 0.493 e. The van der Waals surface area contributed by atoms with E-state index in [1.54, 1.807) is 16.9 Å². The van der Waals surface area contributed by atoms with Crippen molar-refractivity contribution >= 4 is 5.91 Å². The van der Waals surface area contributed by atoms with Crippen LogP contribution >= 0.6 is 0 Å². The topological polar surface area (TPSA) is 76.4 Å². The van der Waals surface area contributed by atoms with E-state index in [9.17, 15) is 9.90 Å². The molecule has 2 N–H and O–H groups in total. The molecule has 0 radical (unpaired) electrons. The van der Waals surface area contributed by atoms with Gasteiger partial charge in [-0.15, -0.1) is 0 Å². The number of rotatable bonds is 5. The molecule has 1 amide bonds. The summed E-state index contributed by atoms with van der Waals surface area (Å²) >= 11 is 0. The van der Waals surface area contributed by atoms with Gasteiger partial charge in [-0.05, 0) is 48.2 Å². The second kappa shape index (κ2) is 8.74. The van der Waals surface area contributed by atoms with Crippen LogP contribution in [0, 0.1) is 5.82 Å². The molecule has 6 nitrogen and oxygen atoms in total. The van der Waals surface area contributed by atoms with E-state index in [4.69, 9.17) is 4.74 Å². The molecule has 0 bridgehead atoms. The number of benzene rings is 2. The minimum absolute atomic E-state index is 0.0233. The molecule has 0 spiro atoms. The van der Waals surface area contributed by atoms with Gasteiger partial charge in [-0.3, -0.25) is 4.79 Å². The van der Waals surface area contributed by atoms with Crippen molar-refractivity contribution in [3.63, 3.8) is 0 Å². The predicted octanol–water partition coefficient (Wildman–Crippen LogP) is 3.57. The third-order valence-corrected chi connectivity index (χ3v) is 6.37. The minimum Gasteiger partial charge on any atom is -0.493 e. The summed E-state index contributed by atoms with van der Waals surface area (Å²) in [4.78, 5) is 12.9. The fourth-order valence-electron chi connectivity index (χ4n) is 4.65. The quantitative estimate of drug-likeness (QED) is 0.643. The summed E-state index contributed by atoms with van der Waals surface area (Å²) in [6, 6.07) is 11.1. The summed E-state index contributed by atoms with van der Waals surface area (Å²) < 4.78 is 22.7. The SMILES string of the molecule is O=C(N[C@H]1CCCC[C@@H]1O)c1cc(Cc2ccc(-n3cccn3)cc2)c2c(c1F)CCO2. The second-order valence-corrected chi connectivity index (χ2v) is 8.53. The molecule has 7 heteroatoms. The Labute approximate surface area is 186 Å². The van der Waals surface area contributed by atoms with Gasteiger partial charge in [0.05, 0.1) is 30.0 Å². The first kappa shape index (κ1) is 20.7. The van der Waals surface area contributed by atoms with E-state index in [-0.39, 0.29) is 11.6 Å². The van der Waals surface area contributed by atoms with Crippen LogP contribution in [0.2, 0.25) is 0 Å². The number of nitrogens with zero attached hydrogens (tertiary/aromatic N) is 2. The number of aliphatic hydroxyl groups excluding tert-OH is 1.